The van der Waals surface area contributed by atoms with Crippen molar-refractivity contribution < 1.29 is 9.13 Å². The maximum Gasteiger partial charge on any atom is 0.169 e. The molecule has 24 heavy (non-hydrogen) atoms. The van der Waals surface area contributed by atoms with Gasteiger partial charge in [0.1, 0.15) is 11.6 Å². The zero-order valence-electron chi connectivity index (χ0n) is 13.2. The summed E-state index contributed by atoms with van der Waals surface area (Å²) in [5, 5.41) is 0. The van der Waals surface area contributed by atoms with E-state index in [9.17, 15) is 4.39 Å². The SMILES string of the molecule is NC1C=C2C(=CC(F)=CN2c2cnccc2N2CCC[C@H](N)C2)O1. The molecule has 1 saturated heterocycles. The molecule has 1 fully saturated rings. The number of piperidine rings is 1. The van der Waals surface area contributed by atoms with E-state index < -0.39 is 6.23 Å². The predicted octanol–water partition coefficient (Wildman–Crippen LogP) is 1.72. The third kappa shape index (κ3) is 2.65. The highest BCUT2D eigenvalue weighted by Gasteiger charge is 2.30. The number of pyridine rings is 1. The molecule has 0 spiro atoms. The number of hydrogen-bond acceptors (Lipinski definition) is 6. The number of aromatic nitrogens is 1. The number of rotatable bonds is 2. The van der Waals surface area contributed by atoms with E-state index in [0.717, 1.165) is 43.0 Å². The molecule has 0 aliphatic carbocycles. The van der Waals surface area contributed by atoms with Crippen molar-refractivity contribution >= 4 is 11.4 Å². The second-order valence-electron chi connectivity index (χ2n) is 6.24. The molecule has 0 amide bonds. The summed E-state index contributed by atoms with van der Waals surface area (Å²) in [6, 6.07) is 2.08. The number of allylic oxidation sites excluding steroid dienone is 2. The van der Waals surface area contributed by atoms with Gasteiger partial charge in [-0.3, -0.25) is 10.7 Å². The first kappa shape index (κ1) is 15.2. The van der Waals surface area contributed by atoms with Crippen LogP contribution in [0, 0.1) is 0 Å². The summed E-state index contributed by atoms with van der Waals surface area (Å²) in [7, 11) is 0. The maximum atomic E-state index is 14.1. The third-order valence-electron chi connectivity index (χ3n) is 4.45. The van der Waals surface area contributed by atoms with Gasteiger partial charge in [0, 0.05) is 37.6 Å². The Hall–Kier alpha value is -2.38. The van der Waals surface area contributed by atoms with E-state index in [-0.39, 0.29) is 11.9 Å². The fourth-order valence-electron chi connectivity index (χ4n) is 3.40. The fourth-order valence-corrected chi connectivity index (χ4v) is 3.40. The summed E-state index contributed by atoms with van der Waals surface area (Å²) < 4.78 is 19.5. The number of nitrogens with two attached hydrogens (primary N) is 2. The first-order valence-corrected chi connectivity index (χ1v) is 8.09. The van der Waals surface area contributed by atoms with Crippen molar-refractivity contribution in [2.75, 3.05) is 22.9 Å². The highest BCUT2D eigenvalue weighted by molar-refractivity contribution is 5.76. The van der Waals surface area contributed by atoms with E-state index in [0.29, 0.717) is 5.76 Å². The monoisotopic (exact) mass is 329 g/mol. The lowest BCUT2D eigenvalue weighted by Gasteiger charge is -2.36. The van der Waals surface area contributed by atoms with E-state index in [1.54, 1.807) is 23.4 Å². The van der Waals surface area contributed by atoms with Crippen LogP contribution in [0.2, 0.25) is 0 Å². The Morgan fingerprint density at radius 1 is 1.29 bits per heavy atom. The first-order chi connectivity index (χ1) is 11.6. The van der Waals surface area contributed by atoms with Crippen LogP contribution in [-0.2, 0) is 4.74 Å². The minimum atomic E-state index is -0.573. The number of fused-ring (bicyclic) bond motifs is 1. The van der Waals surface area contributed by atoms with Gasteiger partial charge in [-0.2, -0.15) is 0 Å². The van der Waals surface area contributed by atoms with Crippen molar-refractivity contribution in [1.82, 2.24) is 4.98 Å². The Kier molecular flexibility index (Phi) is 3.74. The second kappa shape index (κ2) is 5.92. The number of hydrogen-bond donors (Lipinski definition) is 2. The lowest BCUT2D eigenvalue weighted by molar-refractivity contribution is 0.185. The molecule has 3 aliphatic rings. The molecule has 7 heteroatoms. The number of halogens is 1. The zero-order chi connectivity index (χ0) is 16.7. The Morgan fingerprint density at radius 3 is 3.00 bits per heavy atom. The van der Waals surface area contributed by atoms with Crippen LogP contribution in [0.15, 0.2) is 54.1 Å². The molecule has 1 aromatic rings. The van der Waals surface area contributed by atoms with Crippen molar-refractivity contribution in [3.63, 3.8) is 0 Å². The minimum absolute atomic E-state index is 0.145. The molecule has 4 N–H and O–H groups in total. The van der Waals surface area contributed by atoms with Crippen molar-refractivity contribution in [3.8, 4) is 0 Å². The molecule has 0 radical (unpaired) electrons. The minimum Gasteiger partial charge on any atom is -0.470 e. The first-order valence-electron chi connectivity index (χ1n) is 8.09. The van der Waals surface area contributed by atoms with Gasteiger partial charge in [-0.15, -0.1) is 0 Å². The van der Waals surface area contributed by atoms with Gasteiger partial charge in [0.2, 0.25) is 0 Å². The number of anilines is 2. The van der Waals surface area contributed by atoms with E-state index >= 15 is 0 Å². The van der Waals surface area contributed by atoms with Crippen LogP contribution in [0.5, 0.6) is 0 Å². The Labute approximate surface area is 139 Å². The van der Waals surface area contributed by atoms with E-state index in [1.165, 1.54) is 12.3 Å². The summed E-state index contributed by atoms with van der Waals surface area (Å²) in [5.74, 6) is 0.0500. The molecule has 0 saturated carbocycles. The van der Waals surface area contributed by atoms with Crippen LogP contribution in [0.1, 0.15) is 12.8 Å². The van der Waals surface area contributed by atoms with Crippen molar-refractivity contribution in [2.45, 2.75) is 25.1 Å². The van der Waals surface area contributed by atoms with E-state index in [4.69, 9.17) is 16.2 Å². The number of nitrogens with zero attached hydrogens (tertiary/aromatic N) is 3. The number of ether oxygens (including phenoxy) is 1. The van der Waals surface area contributed by atoms with E-state index in [2.05, 4.69) is 9.88 Å². The quantitative estimate of drug-likeness (QED) is 0.860. The average Bonchev–Trinajstić information content (AvgIpc) is 2.94. The summed E-state index contributed by atoms with van der Waals surface area (Å²) in [6.45, 7) is 1.69. The highest BCUT2D eigenvalue weighted by atomic mass is 19.1. The predicted molar refractivity (Wildman–Crippen MR) is 90.6 cm³/mol. The normalized spacial score (nSPS) is 26.4. The topological polar surface area (TPSA) is 80.6 Å². The van der Waals surface area contributed by atoms with Crippen LogP contribution in [0.25, 0.3) is 0 Å². The lowest BCUT2D eigenvalue weighted by atomic mass is 10.1. The molecule has 4 rings (SSSR count). The van der Waals surface area contributed by atoms with Gasteiger partial charge < -0.3 is 20.3 Å². The van der Waals surface area contributed by atoms with Crippen molar-refractivity contribution in [3.05, 3.63) is 54.1 Å². The molecule has 1 unspecified atom stereocenters. The van der Waals surface area contributed by atoms with Gasteiger partial charge in [0.25, 0.3) is 0 Å². The molecule has 0 bridgehead atoms. The van der Waals surface area contributed by atoms with Crippen LogP contribution < -0.4 is 21.3 Å². The second-order valence-corrected chi connectivity index (χ2v) is 6.24. The van der Waals surface area contributed by atoms with Crippen molar-refractivity contribution in [2.24, 2.45) is 11.5 Å². The van der Waals surface area contributed by atoms with E-state index in [1.807, 2.05) is 6.07 Å². The third-order valence-corrected chi connectivity index (χ3v) is 4.45. The molecule has 126 valence electrons. The summed E-state index contributed by atoms with van der Waals surface area (Å²) in [6.07, 6.45) is 9.51. The smallest absolute Gasteiger partial charge is 0.169 e. The van der Waals surface area contributed by atoms with Crippen LogP contribution in [0.4, 0.5) is 15.8 Å². The molecule has 1 aromatic heterocycles. The van der Waals surface area contributed by atoms with Gasteiger partial charge in [-0.05, 0) is 25.0 Å². The lowest BCUT2D eigenvalue weighted by Crippen LogP contribution is -2.43. The summed E-state index contributed by atoms with van der Waals surface area (Å²) in [5.41, 5.74) is 14.4. The Morgan fingerprint density at radius 2 is 2.17 bits per heavy atom. The van der Waals surface area contributed by atoms with Crippen LogP contribution in [0.3, 0.4) is 0 Å². The van der Waals surface area contributed by atoms with Crippen molar-refractivity contribution in [1.29, 1.82) is 0 Å². The fraction of sp³-hybridized carbons (Fsp3) is 0.353. The van der Waals surface area contributed by atoms with Crippen LogP contribution in [-0.4, -0.2) is 30.3 Å². The van der Waals surface area contributed by atoms with Crippen LogP contribution >= 0.6 is 0 Å². The average molecular weight is 329 g/mol. The molecular formula is C17H20FN5O. The largest absolute Gasteiger partial charge is 0.470 e. The zero-order valence-corrected chi connectivity index (χ0v) is 13.2. The molecule has 3 aliphatic heterocycles. The highest BCUT2D eigenvalue weighted by Crippen LogP contribution is 2.39. The molecular weight excluding hydrogens is 309 g/mol. The molecule has 4 heterocycles. The standard InChI is InChI=1S/C17H20FN5O/c18-11-6-16-14(7-17(20)24-16)23(9-11)15-8-21-4-3-13(15)22-5-1-2-12(19)10-22/h3-4,6-9,12,17H,1-2,5,10,19-20H2/t12-,17?/m0/s1. The van der Waals surface area contributed by atoms with Gasteiger partial charge in [-0.1, -0.05) is 0 Å². The molecule has 0 aromatic carbocycles. The molecule has 2 atom stereocenters. The van der Waals surface area contributed by atoms with Gasteiger partial charge >= 0.3 is 0 Å². The Bertz CT molecular complexity index is 744. The summed E-state index contributed by atoms with van der Waals surface area (Å²) in [4.78, 5) is 8.20. The van der Waals surface area contributed by atoms with Gasteiger partial charge in [-0.25, -0.2) is 4.39 Å². The molecule has 6 nitrogen and oxygen atoms in total. The van der Waals surface area contributed by atoms with Gasteiger partial charge in [0.15, 0.2) is 6.23 Å². The van der Waals surface area contributed by atoms with Gasteiger partial charge in [0.05, 0.1) is 23.3 Å². The summed E-state index contributed by atoms with van der Waals surface area (Å²) >= 11 is 0. The maximum absolute atomic E-state index is 14.1. The Balaban J connectivity index is 1.74.